The summed E-state index contributed by atoms with van der Waals surface area (Å²) < 4.78 is 14.4. The summed E-state index contributed by atoms with van der Waals surface area (Å²) in [6.07, 6.45) is 0. The number of rotatable bonds is 6. The molecule has 0 N–H and O–H groups in total. The average molecular weight is 628 g/mol. The molecule has 3 aromatic rings. The molecule has 0 bridgehead atoms. The van der Waals surface area contributed by atoms with Crippen molar-refractivity contribution in [2.75, 3.05) is 21.3 Å². The molecule has 0 heterocycles. The number of carbonyl (C=O) groups is 3. The van der Waals surface area contributed by atoms with Gasteiger partial charge in [-0.1, -0.05) is 36.4 Å². The Labute approximate surface area is 234 Å². The summed E-state index contributed by atoms with van der Waals surface area (Å²) in [6, 6.07) is 19.0. The van der Waals surface area contributed by atoms with E-state index in [1.54, 1.807) is 54.6 Å². The van der Waals surface area contributed by atoms with Crippen LogP contribution in [0, 0.1) is 0 Å². The van der Waals surface area contributed by atoms with Crippen molar-refractivity contribution in [3.8, 4) is 17.2 Å². The number of carboxylic acids is 3. The zero-order chi connectivity index (χ0) is 24.8. The Morgan fingerprint density at radius 3 is 0.857 bits per heavy atom. The molecule has 182 valence electrons. The molecule has 0 fully saturated rings. The van der Waals surface area contributed by atoms with Gasteiger partial charge < -0.3 is 67.9 Å². The van der Waals surface area contributed by atoms with Gasteiger partial charge in [0, 0.05) is 16.7 Å². The molecule has 0 unspecified atom stereocenters. The maximum absolute atomic E-state index is 10.4. The van der Waals surface area contributed by atoms with Crippen molar-refractivity contribution in [2.24, 2.45) is 0 Å². The Balaban J connectivity index is 0. The Morgan fingerprint density at radius 1 is 0.514 bits per heavy atom. The van der Waals surface area contributed by atoms with Crippen LogP contribution in [0.1, 0.15) is 31.1 Å². The normalized spacial score (nSPS) is 8.66. The van der Waals surface area contributed by atoms with Gasteiger partial charge in [0.2, 0.25) is 0 Å². The second-order valence-corrected chi connectivity index (χ2v) is 5.96. The number of carbonyl (C=O) groups excluding carboxylic acids is 3. The van der Waals surface area contributed by atoms with Gasteiger partial charge in [0.15, 0.2) is 0 Å². The number of methoxy groups -OCH3 is 3. The standard InChI is InChI=1S/3C8H8O3.HI.Ti/c3*1-11-7-5-3-2-4-6(7)8(9)10;;/h3*2-5H,1H3,(H,9,10);1H;/q;;;;+4/p-4. The van der Waals surface area contributed by atoms with Crippen LogP contribution in [-0.4, -0.2) is 39.2 Å². The summed E-state index contributed by atoms with van der Waals surface area (Å²) in [7, 11) is 4.26. The van der Waals surface area contributed by atoms with Gasteiger partial charge in [-0.3, -0.25) is 0 Å². The van der Waals surface area contributed by atoms with Gasteiger partial charge in [-0.05, 0) is 36.4 Å². The average Bonchev–Trinajstić information content (AvgIpc) is 2.84. The molecule has 0 amide bonds. The van der Waals surface area contributed by atoms with E-state index in [0.717, 1.165) is 0 Å². The molecule has 0 aromatic heterocycles. The largest absolute Gasteiger partial charge is 4.00 e. The van der Waals surface area contributed by atoms with E-state index in [2.05, 4.69) is 0 Å². The Hall–Kier alpha value is -3.09. The van der Waals surface area contributed by atoms with Gasteiger partial charge in [0.25, 0.3) is 0 Å². The first-order valence-corrected chi connectivity index (χ1v) is 9.29. The first kappa shape index (κ1) is 34.1. The van der Waals surface area contributed by atoms with Crippen molar-refractivity contribution in [3.05, 3.63) is 89.5 Å². The number of halogens is 1. The van der Waals surface area contributed by atoms with Crippen molar-refractivity contribution in [2.45, 2.75) is 0 Å². The van der Waals surface area contributed by atoms with Crippen LogP contribution in [0.5, 0.6) is 17.2 Å². The van der Waals surface area contributed by atoms with Gasteiger partial charge >= 0.3 is 21.7 Å². The number of carboxylic acid groups (broad SMARTS) is 3. The number of ether oxygens (including phenoxy) is 3. The topological polar surface area (TPSA) is 148 Å². The molecular weight excluding hydrogens is 607 g/mol. The molecule has 0 aliphatic carbocycles. The number of hydrogen-bond acceptors (Lipinski definition) is 9. The van der Waals surface area contributed by atoms with Gasteiger partial charge in [-0.25, -0.2) is 0 Å². The minimum Gasteiger partial charge on any atom is -1.00 e. The molecule has 9 nitrogen and oxygen atoms in total. The van der Waals surface area contributed by atoms with Gasteiger partial charge in [-0.2, -0.15) is 0 Å². The van der Waals surface area contributed by atoms with Crippen LogP contribution >= 0.6 is 0 Å². The Kier molecular flexibility index (Phi) is 17.8. The van der Waals surface area contributed by atoms with E-state index < -0.39 is 17.9 Å². The van der Waals surface area contributed by atoms with E-state index in [-0.39, 0.29) is 62.4 Å². The monoisotopic (exact) mass is 628 g/mol. The second-order valence-electron chi connectivity index (χ2n) is 5.96. The fourth-order valence-corrected chi connectivity index (χ4v) is 2.44. The summed E-state index contributed by atoms with van der Waals surface area (Å²) in [5.74, 6) is -2.68. The third kappa shape index (κ3) is 11.3. The van der Waals surface area contributed by atoms with E-state index in [0.29, 0.717) is 17.2 Å². The molecule has 0 aliphatic heterocycles. The quantitative estimate of drug-likeness (QED) is 0.208. The molecule has 3 rings (SSSR count). The smallest absolute Gasteiger partial charge is 1.00 e. The first-order chi connectivity index (χ1) is 15.8. The molecule has 0 saturated carbocycles. The molecule has 11 heteroatoms. The SMILES string of the molecule is COc1ccccc1C(=O)[O-].COc1ccccc1C(=O)[O-].COc1ccccc1C(=O)[O-].[I-].[Ti+4]. The van der Waals surface area contributed by atoms with Crippen molar-refractivity contribution < 1.29 is 89.6 Å². The van der Waals surface area contributed by atoms with Gasteiger partial charge in [-0.15, -0.1) is 0 Å². The van der Waals surface area contributed by atoms with Crippen molar-refractivity contribution in [1.82, 2.24) is 0 Å². The van der Waals surface area contributed by atoms with E-state index in [1.165, 1.54) is 39.5 Å². The second kappa shape index (κ2) is 18.3. The van der Waals surface area contributed by atoms with Crippen LogP contribution in [0.3, 0.4) is 0 Å². The Morgan fingerprint density at radius 2 is 0.714 bits per heavy atom. The third-order valence-electron chi connectivity index (χ3n) is 3.98. The van der Waals surface area contributed by atoms with Crippen LogP contribution in [-0.2, 0) is 21.7 Å². The zero-order valence-electron chi connectivity index (χ0n) is 19.0. The molecular formula is C24H21IO9Ti. The van der Waals surface area contributed by atoms with Crippen molar-refractivity contribution in [1.29, 1.82) is 0 Å². The third-order valence-corrected chi connectivity index (χ3v) is 3.98. The minimum absolute atomic E-state index is 0. The summed E-state index contributed by atoms with van der Waals surface area (Å²) >= 11 is 0. The predicted molar refractivity (Wildman–Crippen MR) is 112 cm³/mol. The van der Waals surface area contributed by atoms with Crippen LogP contribution in [0.4, 0.5) is 0 Å². The van der Waals surface area contributed by atoms with Gasteiger partial charge in [0.1, 0.15) is 17.2 Å². The molecule has 0 atom stereocenters. The molecule has 0 saturated heterocycles. The fourth-order valence-electron chi connectivity index (χ4n) is 2.44. The van der Waals surface area contributed by atoms with E-state index >= 15 is 0 Å². The molecule has 0 aliphatic rings. The van der Waals surface area contributed by atoms with Gasteiger partial charge in [0.05, 0.1) is 39.2 Å². The van der Waals surface area contributed by atoms with Crippen molar-refractivity contribution in [3.63, 3.8) is 0 Å². The summed E-state index contributed by atoms with van der Waals surface area (Å²) in [4.78, 5) is 31.2. The summed E-state index contributed by atoms with van der Waals surface area (Å²) in [5, 5.41) is 31.2. The molecule has 0 radical (unpaired) electrons. The Bertz CT molecular complexity index is 953. The predicted octanol–water partition coefficient (Wildman–Crippen LogP) is -2.82. The molecule has 35 heavy (non-hydrogen) atoms. The fraction of sp³-hybridized carbons (Fsp3) is 0.125. The zero-order valence-corrected chi connectivity index (χ0v) is 22.7. The molecule has 0 spiro atoms. The van der Waals surface area contributed by atoms with Crippen LogP contribution in [0.25, 0.3) is 0 Å². The number of hydrogen-bond donors (Lipinski definition) is 0. The number of para-hydroxylation sites is 3. The van der Waals surface area contributed by atoms with Crippen LogP contribution in [0.15, 0.2) is 72.8 Å². The minimum atomic E-state index is -1.22. The maximum atomic E-state index is 10.4. The summed E-state index contributed by atoms with van der Waals surface area (Å²) in [6.45, 7) is 0. The number of aromatic carboxylic acids is 3. The first-order valence-electron chi connectivity index (χ1n) is 9.29. The maximum Gasteiger partial charge on any atom is 4.00 e. The molecule has 3 aromatic carbocycles. The van der Waals surface area contributed by atoms with Crippen LogP contribution in [0.2, 0.25) is 0 Å². The number of benzene rings is 3. The van der Waals surface area contributed by atoms with E-state index in [1.807, 2.05) is 0 Å². The van der Waals surface area contributed by atoms with Crippen LogP contribution < -0.4 is 53.5 Å². The van der Waals surface area contributed by atoms with E-state index in [9.17, 15) is 29.7 Å². The van der Waals surface area contributed by atoms with E-state index in [4.69, 9.17) is 14.2 Å². The van der Waals surface area contributed by atoms with Crippen molar-refractivity contribution >= 4 is 17.9 Å². The summed E-state index contributed by atoms with van der Waals surface area (Å²) in [5.41, 5.74) is 0.236.